The molecule has 1 aliphatic rings. The topological polar surface area (TPSA) is 38.1 Å². The third-order valence-corrected chi connectivity index (χ3v) is 5.70. The van der Waals surface area contributed by atoms with Gasteiger partial charge in [-0.1, -0.05) is 11.8 Å². The lowest BCUT2D eigenvalue weighted by Crippen LogP contribution is -2.42. The second-order valence-electron chi connectivity index (χ2n) is 6.40. The van der Waals surface area contributed by atoms with Crippen molar-refractivity contribution in [3.8, 4) is 11.3 Å². The quantitative estimate of drug-likeness (QED) is 0.749. The molecular weight excluding hydrogens is 337 g/mol. The molecule has 2 heterocycles. The number of imidazole rings is 1. The van der Waals surface area contributed by atoms with E-state index in [9.17, 15) is 9.18 Å². The summed E-state index contributed by atoms with van der Waals surface area (Å²) in [5, 5.41) is 0.833. The minimum Gasteiger partial charge on any atom is -0.339 e. The van der Waals surface area contributed by atoms with E-state index in [0.717, 1.165) is 42.3 Å². The molecule has 0 aliphatic carbocycles. The number of hydrogen-bond donors (Lipinski definition) is 0. The van der Waals surface area contributed by atoms with Gasteiger partial charge in [-0.25, -0.2) is 9.37 Å². The molecular formula is C19H24FN3OS. The molecule has 1 aliphatic heterocycles. The average Bonchev–Trinajstić information content (AvgIpc) is 3.03. The van der Waals surface area contributed by atoms with E-state index in [1.165, 1.54) is 30.3 Å². The molecule has 2 aromatic rings. The number of nitrogens with zero attached hydrogens (tertiary/aromatic N) is 3. The van der Waals surface area contributed by atoms with E-state index in [1.807, 2.05) is 11.8 Å². The van der Waals surface area contributed by atoms with Crippen molar-refractivity contribution in [3.05, 3.63) is 36.3 Å². The van der Waals surface area contributed by atoms with Crippen molar-refractivity contribution in [1.82, 2.24) is 14.5 Å². The van der Waals surface area contributed by atoms with Crippen LogP contribution in [0.4, 0.5) is 4.39 Å². The van der Waals surface area contributed by atoms with Crippen molar-refractivity contribution in [2.24, 2.45) is 0 Å². The van der Waals surface area contributed by atoms with E-state index in [1.54, 1.807) is 18.3 Å². The molecule has 0 saturated carbocycles. The van der Waals surface area contributed by atoms with Gasteiger partial charge in [-0.2, -0.15) is 0 Å². The minimum absolute atomic E-state index is 0.186. The Hall–Kier alpha value is -1.82. The maximum atomic E-state index is 13.1. The molecule has 1 amide bonds. The predicted octanol–water partition coefficient (Wildman–Crippen LogP) is 4.20. The SMILES string of the molecule is CCn1c(-c2ccc(F)cc2)cnc1SCC(=O)N1CCCC[C@H]1C. The van der Waals surface area contributed by atoms with Crippen molar-refractivity contribution in [3.63, 3.8) is 0 Å². The Morgan fingerprint density at radius 3 is 2.76 bits per heavy atom. The van der Waals surface area contributed by atoms with Crippen LogP contribution in [0, 0.1) is 5.82 Å². The minimum atomic E-state index is -0.248. The van der Waals surface area contributed by atoms with E-state index in [4.69, 9.17) is 0 Å². The molecule has 0 N–H and O–H groups in total. The highest BCUT2D eigenvalue weighted by atomic mass is 32.2. The molecule has 3 rings (SSSR count). The number of carbonyl (C=O) groups is 1. The standard InChI is InChI=1S/C19H24FN3OS/c1-3-22-17(15-7-9-16(20)10-8-15)12-21-19(22)25-13-18(24)23-11-5-4-6-14(23)2/h7-10,12,14H,3-6,11,13H2,1-2H3/t14-/m1/s1. The highest BCUT2D eigenvalue weighted by Crippen LogP contribution is 2.27. The number of likely N-dealkylation sites (tertiary alicyclic amines) is 1. The summed E-state index contributed by atoms with van der Waals surface area (Å²) in [4.78, 5) is 19.0. The highest BCUT2D eigenvalue weighted by molar-refractivity contribution is 7.99. The molecule has 4 nitrogen and oxygen atoms in total. The van der Waals surface area contributed by atoms with Crippen LogP contribution in [0.1, 0.15) is 33.1 Å². The summed E-state index contributed by atoms with van der Waals surface area (Å²) < 4.78 is 15.2. The molecule has 1 saturated heterocycles. The fourth-order valence-corrected chi connectivity index (χ4v) is 4.24. The van der Waals surface area contributed by atoms with Gasteiger partial charge in [-0.15, -0.1) is 0 Å². The van der Waals surface area contributed by atoms with Crippen molar-refractivity contribution >= 4 is 17.7 Å². The third-order valence-electron chi connectivity index (χ3n) is 4.72. The normalized spacial score (nSPS) is 17.7. The van der Waals surface area contributed by atoms with Gasteiger partial charge in [0.15, 0.2) is 5.16 Å². The van der Waals surface area contributed by atoms with Crippen molar-refractivity contribution in [2.45, 2.75) is 50.9 Å². The van der Waals surface area contributed by atoms with Gasteiger partial charge >= 0.3 is 0 Å². The lowest BCUT2D eigenvalue weighted by atomic mass is 10.0. The number of rotatable bonds is 5. The molecule has 6 heteroatoms. The number of aromatic nitrogens is 2. The van der Waals surface area contributed by atoms with Gasteiger partial charge in [-0.3, -0.25) is 4.79 Å². The van der Waals surface area contributed by atoms with E-state index in [0.29, 0.717) is 11.8 Å². The van der Waals surface area contributed by atoms with E-state index < -0.39 is 0 Å². The molecule has 1 atom stereocenters. The number of carbonyl (C=O) groups excluding carboxylic acids is 1. The Morgan fingerprint density at radius 2 is 2.08 bits per heavy atom. The number of amides is 1. The highest BCUT2D eigenvalue weighted by Gasteiger charge is 2.23. The number of benzene rings is 1. The first kappa shape index (κ1) is 18.0. The number of thioether (sulfide) groups is 1. The van der Waals surface area contributed by atoms with Gasteiger partial charge in [0, 0.05) is 19.1 Å². The Bertz CT molecular complexity index is 729. The largest absolute Gasteiger partial charge is 0.339 e. The lowest BCUT2D eigenvalue weighted by Gasteiger charge is -2.33. The van der Waals surface area contributed by atoms with Crippen LogP contribution in [0.15, 0.2) is 35.6 Å². The number of piperidine rings is 1. The summed E-state index contributed by atoms with van der Waals surface area (Å²) in [5.74, 6) is 0.345. The van der Waals surface area contributed by atoms with Crippen LogP contribution in [-0.4, -0.2) is 38.7 Å². The first-order chi connectivity index (χ1) is 12.1. The fourth-order valence-electron chi connectivity index (χ4n) is 3.31. The van der Waals surface area contributed by atoms with Gasteiger partial charge in [0.05, 0.1) is 17.6 Å². The summed E-state index contributed by atoms with van der Waals surface area (Å²) in [6.07, 6.45) is 5.19. The Balaban J connectivity index is 1.70. The van der Waals surface area contributed by atoms with E-state index in [-0.39, 0.29) is 11.7 Å². The van der Waals surface area contributed by atoms with Gasteiger partial charge in [0.2, 0.25) is 5.91 Å². The molecule has 0 spiro atoms. The molecule has 1 aromatic heterocycles. The zero-order valence-corrected chi connectivity index (χ0v) is 15.6. The van der Waals surface area contributed by atoms with Crippen LogP contribution >= 0.6 is 11.8 Å². The summed E-state index contributed by atoms with van der Waals surface area (Å²) in [6, 6.07) is 6.76. The predicted molar refractivity (Wildman–Crippen MR) is 99.0 cm³/mol. The van der Waals surface area contributed by atoms with Crippen LogP contribution in [0.2, 0.25) is 0 Å². The first-order valence-electron chi connectivity index (χ1n) is 8.84. The second-order valence-corrected chi connectivity index (χ2v) is 7.34. The molecule has 0 bridgehead atoms. The van der Waals surface area contributed by atoms with Crippen LogP contribution in [0.5, 0.6) is 0 Å². The lowest BCUT2D eigenvalue weighted by molar-refractivity contribution is -0.131. The van der Waals surface area contributed by atoms with Gasteiger partial charge in [0.25, 0.3) is 0 Å². The maximum absolute atomic E-state index is 13.1. The zero-order chi connectivity index (χ0) is 17.8. The second kappa shape index (κ2) is 8.04. The zero-order valence-electron chi connectivity index (χ0n) is 14.7. The van der Waals surface area contributed by atoms with Crippen molar-refractivity contribution in [1.29, 1.82) is 0 Å². The summed E-state index contributed by atoms with van der Waals surface area (Å²) >= 11 is 1.48. The summed E-state index contributed by atoms with van der Waals surface area (Å²) in [7, 11) is 0. The molecule has 0 radical (unpaired) electrons. The van der Waals surface area contributed by atoms with Gasteiger partial charge in [0.1, 0.15) is 5.82 Å². The third kappa shape index (κ3) is 4.06. The maximum Gasteiger partial charge on any atom is 0.233 e. The van der Waals surface area contributed by atoms with Crippen molar-refractivity contribution < 1.29 is 9.18 Å². The molecule has 0 unspecified atom stereocenters. The van der Waals surface area contributed by atoms with Crippen LogP contribution in [0.25, 0.3) is 11.3 Å². The Kier molecular flexibility index (Phi) is 5.78. The first-order valence-corrected chi connectivity index (χ1v) is 9.82. The van der Waals surface area contributed by atoms with E-state index in [2.05, 4.69) is 16.5 Å². The molecule has 25 heavy (non-hydrogen) atoms. The monoisotopic (exact) mass is 361 g/mol. The Labute approximate surface area is 152 Å². The van der Waals surface area contributed by atoms with Gasteiger partial charge < -0.3 is 9.47 Å². The summed E-state index contributed by atoms with van der Waals surface area (Å²) in [6.45, 7) is 5.79. The molecule has 134 valence electrons. The summed E-state index contributed by atoms with van der Waals surface area (Å²) in [5.41, 5.74) is 1.88. The smallest absolute Gasteiger partial charge is 0.233 e. The average molecular weight is 361 g/mol. The Morgan fingerprint density at radius 1 is 1.32 bits per heavy atom. The molecule has 1 fully saturated rings. The number of hydrogen-bond acceptors (Lipinski definition) is 3. The number of halogens is 1. The van der Waals surface area contributed by atoms with Crippen LogP contribution in [-0.2, 0) is 11.3 Å². The van der Waals surface area contributed by atoms with E-state index >= 15 is 0 Å². The van der Waals surface area contributed by atoms with Crippen LogP contribution < -0.4 is 0 Å². The van der Waals surface area contributed by atoms with Gasteiger partial charge in [-0.05, 0) is 62.9 Å². The van der Waals surface area contributed by atoms with Crippen LogP contribution in [0.3, 0.4) is 0 Å². The fraction of sp³-hybridized carbons (Fsp3) is 0.474. The van der Waals surface area contributed by atoms with Crippen molar-refractivity contribution in [2.75, 3.05) is 12.3 Å². The molecule has 1 aromatic carbocycles.